The SMILES string of the molecule is CCC1CCC(Nc2cccc(C(=O)N(C)C)c2)CC1. The van der Waals surface area contributed by atoms with Crippen molar-refractivity contribution in [2.75, 3.05) is 19.4 Å². The second-order valence-corrected chi connectivity index (χ2v) is 6.05. The van der Waals surface area contributed by atoms with Gasteiger partial charge in [0.15, 0.2) is 0 Å². The third-order valence-corrected chi connectivity index (χ3v) is 4.31. The van der Waals surface area contributed by atoms with Gasteiger partial charge in [-0.05, 0) is 49.8 Å². The molecule has 110 valence electrons. The molecule has 0 aliphatic heterocycles. The number of carbonyl (C=O) groups is 1. The first-order chi connectivity index (χ1) is 9.60. The molecule has 0 atom stereocenters. The summed E-state index contributed by atoms with van der Waals surface area (Å²) in [5.74, 6) is 0.970. The quantitative estimate of drug-likeness (QED) is 0.906. The topological polar surface area (TPSA) is 32.3 Å². The highest BCUT2D eigenvalue weighted by Crippen LogP contribution is 2.28. The largest absolute Gasteiger partial charge is 0.382 e. The Bertz CT molecular complexity index is 448. The number of carbonyl (C=O) groups excluding carboxylic acids is 1. The summed E-state index contributed by atoms with van der Waals surface area (Å²) in [6, 6.07) is 8.41. The molecule has 1 fully saturated rings. The molecule has 0 heterocycles. The van der Waals surface area contributed by atoms with Gasteiger partial charge in [-0.2, -0.15) is 0 Å². The summed E-state index contributed by atoms with van der Waals surface area (Å²) in [6.45, 7) is 2.29. The lowest BCUT2D eigenvalue weighted by atomic mass is 9.84. The Hall–Kier alpha value is -1.51. The Labute approximate surface area is 122 Å². The smallest absolute Gasteiger partial charge is 0.253 e. The van der Waals surface area contributed by atoms with Gasteiger partial charge < -0.3 is 10.2 Å². The Morgan fingerprint density at radius 3 is 2.55 bits per heavy atom. The van der Waals surface area contributed by atoms with Gasteiger partial charge in [-0.1, -0.05) is 19.4 Å². The number of rotatable bonds is 4. The van der Waals surface area contributed by atoms with Crippen LogP contribution in [-0.2, 0) is 0 Å². The maximum absolute atomic E-state index is 12.0. The molecule has 1 amide bonds. The lowest BCUT2D eigenvalue weighted by Gasteiger charge is -2.29. The maximum atomic E-state index is 12.0. The van der Waals surface area contributed by atoms with Crippen molar-refractivity contribution in [1.29, 1.82) is 0 Å². The molecule has 1 aliphatic rings. The van der Waals surface area contributed by atoms with E-state index in [9.17, 15) is 4.79 Å². The summed E-state index contributed by atoms with van der Waals surface area (Å²) in [7, 11) is 3.57. The van der Waals surface area contributed by atoms with Crippen molar-refractivity contribution in [2.45, 2.75) is 45.1 Å². The molecule has 1 N–H and O–H groups in total. The molecule has 0 spiro atoms. The van der Waals surface area contributed by atoms with E-state index < -0.39 is 0 Å². The van der Waals surface area contributed by atoms with Crippen molar-refractivity contribution in [3.8, 4) is 0 Å². The van der Waals surface area contributed by atoms with Gasteiger partial charge in [0.1, 0.15) is 0 Å². The molecule has 0 aromatic heterocycles. The standard InChI is InChI=1S/C17H26N2O/c1-4-13-8-10-15(11-9-13)18-16-7-5-6-14(12-16)17(20)19(2)3/h5-7,12-13,15,18H,4,8-11H2,1-3H3. The van der Waals surface area contributed by atoms with Crippen molar-refractivity contribution < 1.29 is 4.79 Å². The predicted molar refractivity (Wildman–Crippen MR) is 84.1 cm³/mol. The van der Waals surface area contributed by atoms with Crippen LogP contribution in [0, 0.1) is 5.92 Å². The van der Waals surface area contributed by atoms with E-state index in [0.717, 1.165) is 17.2 Å². The molecule has 1 aromatic rings. The van der Waals surface area contributed by atoms with Crippen molar-refractivity contribution in [1.82, 2.24) is 4.90 Å². The Kier molecular flexibility index (Phi) is 5.05. The highest BCUT2D eigenvalue weighted by molar-refractivity contribution is 5.94. The zero-order valence-electron chi connectivity index (χ0n) is 12.9. The molecule has 1 saturated carbocycles. The van der Waals surface area contributed by atoms with Gasteiger partial charge in [-0.3, -0.25) is 4.79 Å². The minimum absolute atomic E-state index is 0.0586. The number of amides is 1. The average Bonchev–Trinajstić information content (AvgIpc) is 2.47. The first kappa shape index (κ1) is 14.9. The van der Waals surface area contributed by atoms with Crippen LogP contribution in [0.5, 0.6) is 0 Å². The van der Waals surface area contributed by atoms with E-state index in [1.165, 1.54) is 32.1 Å². The Balaban J connectivity index is 1.97. The predicted octanol–water partition coefficient (Wildman–Crippen LogP) is 3.77. The molecule has 3 nitrogen and oxygen atoms in total. The second kappa shape index (κ2) is 6.78. The third kappa shape index (κ3) is 3.75. The number of nitrogens with zero attached hydrogens (tertiary/aromatic N) is 1. The Morgan fingerprint density at radius 2 is 1.95 bits per heavy atom. The second-order valence-electron chi connectivity index (χ2n) is 6.05. The fourth-order valence-corrected chi connectivity index (χ4v) is 2.95. The molecule has 1 aromatic carbocycles. The molecule has 3 heteroatoms. The highest BCUT2D eigenvalue weighted by Gasteiger charge is 2.19. The van der Waals surface area contributed by atoms with Crippen LogP contribution in [0.4, 0.5) is 5.69 Å². The summed E-state index contributed by atoms with van der Waals surface area (Å²) in [4.78, 5) is 13.6. The van der Waals surface area contributed by atoms with Crippen LogP contribution in [0.1, 0.15) is 49.4 Å². The summed E-state index contributed by atoms with van der Waals surface area (Å²) < 4.78 is 0. The fourth-order valence-electron chi connectivity index (χ4n) is 2.95. The maximum Gasteiger partial charge on any atom is 0.253 e. The molecule has 0 unspecified atom stereocenters. The van der Waals surface area contributed by atoms with Crippen LogP contribution in [0.2, 0.25) is 0 Å². The van der Waals surface area contributed by atoms with Crippen LogP contribution < -0.4 is 5.32 Å². The molecular weight excluding hydrogens is 248 g/mol. The zero-order valence-corrected chi connectivity index (χ0v) is 12.9. The highest BCUT2D eigenvalue weighted by atomic mass is 16.2. The van der Waals surface area contributed by atoms with E-state index >= 15 is 0 Å². The zero-order chi connectivity index (χ0) is 14.5. The van der Waals surface area contributed by atoms with Gasteiger partial charge in [0.25, 0.3) is 5.91 Å². The summed E-state index contributed by atoms with van der Waals surface area (Å²) in [5, 5.41) is 3.59. The molecular formula is C17H26N2O. The van der Waals surface area contributed by atoms with Crippen molar-refractivity contribution in [3.63, 3.8) is 0 Å². The van der Waals surface area contributed by atoms with Gasteiger partial charge in [0, 0.05) is 31.4 Å². The fraction of sp³-hybridized carbons (Fsp3) is 0.588. The lowest BCUT2D eigenvalue weighted by molar-refractivity contribution is 0.0827. The van der Waals surface area contributed by atoms with Gasteiger partial charge in [0.2, 0.25) is 0 Å². The van der Waals surface area contributed by atoms with E-state index in [-0.39, 0.29) is 5.91 Å². The van der Waals surface area contributed by atoms with Gasteiger partial charge in [0.05, 0.1) is 0 Å². The van der Waals surface area contributed by atoms with Crippen LogP contribution in [-0.4, -0.2) is 30.9 Å². The van der Waals surface area contributed by atoms with Crippen molar-refractivity contribution in [3.05, 3.63) is 29.8 Å². The Morgan fingerprint density at radius 1 is 1.25 bits per heavy atom. The minimum atomic E-state index is 0.0586. The molecule has 1 aliphatic carbocycles. The van der Waals surface area contributed by atoms with E-state index in [1.807, 2.05) is 18.2 Å². The van der Waals surface area contributed by atoms with Gasteiger partial charge in [-0.25, -0.2) is 0 Å². The molecule has 0 bridgehead atoms. The van der Waals surface area contributed by atoms with Crippen molar-refractivity contribution >= 4 is 11.6 Å². The summed E-state index contributed by atoms with van der Waals surface area (Å²) in [5.41, 5.74) is 1.82. The van der Waals surface area contributed by atoms with E-state index in [1.54, 1.807) is 19.0 Å². The monoisotopic (exact) mass is 274 g/mol. The van der Waals surface area contributed by atoms with Crippen LogP contribution >= 0.6 is 0 Å². The summed E-state index contributed by atoms with van der Waals surface area (Å²) in [6.07, 6.45) is 6.43. The first-order valence-corrected chi connectivity index (χ1v) is 7.68. The molecule has 0 saturated heterocycles. The first-order valence-electron chi connectivity index (χ1n) is 7.68. The molecule has 2 rings (SSSR count). The van der Waals surface area contributed by atoms with Crippen LogP contribution in [0.25, 0.3) is 0 Å². The van der Waals surface area contributed by atoms with Crippen LogP contribution in [0.15, 0.2) is 24.3 Å². The molecule has 0 radical (unpaired) electrons. The van der Waals surface area contributed by atoms with Gasteiger partial charge in [-0.15, -0.1) is 0 Å². The minimum Gasteiger partial charge on any atom is -0.382 e. The van der Waals surface area contributed by atoms with E-state index in [4.69, 9.17) is 0 Å². The number of hydrogen-bond donors (Lipinski definition) is 1. The lowest BCUT2D eigenvalue weighted by Crippen LogP contribution is -2.26. The third-order valence-electron chi connectivity index (χ3n) is 4.31. The summed E-state index contributed by atoms with van der Waals surface area (Å²) >= 11 is 0. The van der Waals surface area contributed by atoms with Crippen LogP contribution in [0.3, 0.4) is 0 Å². The van der Waals surface area contributed by atoms with E-state index in [0.29, 0.717) is 6.04 Å². The number of nitrogens with one attached hydrogen (secondary N) is 1. The normalized spacial score (nSPS) is 22.4. The van der Waals surface area contributed by atoms with Crippen molar-refractivity contribution in [2.24, 2.45) is 5.92 Å². The molecule has 20 heavy (non-hydrogen) atoms. The van der Waals surface area contributed by atoms with E-state index in [2.05, 4.69) is 18.3 Å². The number of anilines is 1. The number of hydrogen-bond acceptors (Lipinski definition) is 2. The van der Waals surface area contributed by atoms with Gasteiger partial charge >= 0.3 is 0 Å². The number of benzene rings is 1. The average molecular weight is 274 g/mol.